The Morgan fingerprint density at radius 3 is 2.70 bits per heavy atom. The highest BCUT2D eigenvalue weighted by atomic mass is 32.2. The highest BCUT2D eigenvalue weighted by molar-refractivity contribution is 7.98. The van der Waals surface area contributed by atoms with Crippen LogP contribution < -0.4 is 16.4 Å². The van der Waals surface area contributed by atoms with Crippen LogP contribution in [-0.4, -0.2) is 122 Å². The number of carbonyl (C=O) groups is 4. The number of aliphatic hydroxyl groups excluding tert-OH is 3. The van der Waals surface area contributed by atoms with Gasteiger partial charge in [0, 0.05) is 30.5 Å². The number of nitrogens with zero attached hydrogens (tertiary/aromatic N) is 3. The van der Waals surface area contributed by atoms with E-state index in [1.807, 2.05) is 0 Å². The molecule has 226 valence electrons. The fourth-order valence-corrected chi connectivity index (χ4v) is 4.53. The fraction of sp³-hybridized carbons (Fsp3) is 0.727. The first-order valence-corrected chi connectivity index (χ1v) is 13.6. The van der Waals surface area contributed by atoms with E-state index in [9.17, 15) is 34.5 Å². The maximum atomic E-state index is 12.4. The second-order valence-electron chi connectivity index (χ2n) is 8.82. The van der Waals surface area contributed by atoms with Gasteiger partial charge in [-0.15, -0.1) is 5.10 Å². The van der Waals surface area contributed by atoms with Crippen LogP contribution >= 0.6 is 11.8 Å². The molecule has 7 atom stereocenters. The molecule has 1 aromatic heterocycles. The Hall–Kier alpha value is -2.87. The molecule has 0 radical (unpaired) electrons. The number of aromatic nitrogens is 3. The van der Waals surface area contributed by atoms with Crippen molar-refractivity contribution in [3.8, 4) is 0 Å². The van der Waals surface area contributed by atoms with Crippen LogP contribution in [0.1, 0.15) is 31.9 Å². The average Bonchev–Trinajstić information content (AvgIpc) is 3.37. The van der Waals surface area contributed by atoms with Gasteiger partial charge in [-0.2, -0.15) is 11.8 Å². The summed E-state index contributed by atoms with van der Waals surface area (Å²) in [7, 11) is 0. The van der Waals surface area contributed by atoms with E-state index in [0.29, 0.717) is 17.9 Å². The van der Waals surface area contributed by atoms with E-state index in [1.54, 1.807) is 13.1 Å². The first kappa shape index (κ1) is 33.3. The Kier molecular flexibility index (Phi) is 14.2. The third-order valence-corrected chi connectivity index (χ3v) is 6.81. The van der Waals surface area contributed by atoms with Crippen molar-refractivity contribution in [3.05, 3.63) is 11.9 Å². The molecule has 0 saturated carbocycles. The second-order valence-corrected chi connectivity index (χ2v) is 9.85. The molecule has 2 amide bonds. The van der Waals surface area contributed by atoms with Gasteiger partial charge in [0.1, 0.15) is 30.9 Å². The van der Waals surface area contributed by atoms with Gasteiger partial charge in [-0.05, 0) is 6.42 Å². The number of amides is 2. The van der Waals surface area contributed by atoms with Crippen molar-refractivity contribution in [2.24, 2.45) is 5.73 Å². The van der Waals surface area contributed by atoms with Crippen LogP contribution in [0.3, 0.4) is 0 Å². The smallest absolute Gasteiger partial charge is 0.322 e. The number of carboxylic acid groups (broad SMARTS) is 1. The lowest BCUT2D eigenvalue weighted by Crippen LogP contribution is -2.58. The summed E-state index contributed by atoms with van der Waals surface area (Å²) in [6.07, 6.45) is -4.83. The highest BCUT2D eigenvalue weighted by Gasteiger charge is 2.43. The molecule has 18 heteroatoms. The molecule has 1 fully saturated rings. The fourth-order valence-electron chi connectivity index (χ4n) is 3.60. The summed E-state index contributed by atoms with van der Waals surface area (Å²) < 4.78 is 17.0. The summed E-state index contributed by atoms with van der Waals surface area (Å²) in [6.45, 7) is 1.62. The minimum absolute atomic E-state index is 0.0293. The molecule has 1 aromatic rings. The average molecular weight is 593 g/mol. The maximum absolute atomic E-state index is 12.4. The summed E-state index contributed by atoms with van der Waals surface area (Å²) >= 11 is 1.24. The van der Waals surface area contributed by atoms with Gasteiger partial charge in [0.2, 0.25) is 11.8 Å². The monoisotopic (exact) mass is 592 g/mol. The lowest BCUT2D eigenvalue weighted by molar-refractivity contribution is -0.297. The summed E-state index contributed by atoms with van der Waals surface area (Å²) in [4.78, 5) is 45.8. The summed E-state index contributed by atoms with van der Waals surface area (Å²) in [5, 5.41) is 51.6. The zero-order valence-electron chi connectivity index (χ0n) is 21.8. The van der Waals surface area contributed by atoms with Gasteiger partial charge in [0.15, 0.2) is 12.5 Å². The number of thioether (sulfide) groups is 1. The van der Waals surface area contributed by atoms with Gasteiger partial charge in [0.25, 0.3) is 6.47 Å². The molecule has 40 heavy (non-hydrogen) atoms. The molecule has 0 spiro atoms. The number of nitrogens with two attached hydrogens (primary N) is 1. The molecule has 0 aromatic carbocycles. The largest absolute Gasteiger partial charge is 0.480 e. The Balaban J connectivity index is 1.82. The van der Waals surface area contributed by atoms with E-state index in [4.69, 9.17) is 20.3 Å². The van der Waals surface area contributed by atoms with Crippen LogP contribution in [0.5, 0.6) is 0 Å². The van der Waals surface area contributed by atoms with E-state index in [1.165, 1.54) is 16.4 Å². The lowest BCUT2D eigenvalue weighted by atomic mass is 9.97. The Labute approximate surface area is 233 Å². The minimum atomic E-state index is -1.41. The standard InChI is InChI=1S/C22H36N6O11S/c1-2-14-18(33)19(34)20(35)22(39-14)37-6-5-28-8-12(26-27-28)9-40-10-13(21(36)24-7-17(31)32)25-16(30)4-3-15(23)38-11-29/h8,11,13-15,18-20,22,33-35H,2-7,9-10,23H2,1H3,(H,24,36)(H,25,30)(H,31,32)/t13-,14?,15+,18+,19-,20?,22+/m0/s1. The number of hydrogen-bond acceptors (Lipinski definition) is 14. The van der Waals surface area contributed by atoms with Crippen molar-refractivity contribution in [1.29, 1.82) is 0 Å². The van der Waals surface area contributed by atoms with Crippen molar-refractivity contribution < 1.29 is 53.8 Å². The first-order chi connectivity index (χ1) is 19.0. The number of carboxylic acids is 1. The Bertz CT molecular complexity index is 967. The van der Waals surface area contributed by atoms with Crippen LogP contribution in [0, 0.1) is 0 Å². The minimum Gasteiger partial charge on any atom is -0.480 e. The molecule has 2 heterocycles. The zero-order valence-corrected chi connectivity index (χ0v) is 22.6. The molecular formula is C22H36N6O11S. The van der Waals surface area contributed by atoms with Crippen LogP contribution in [0.2, 0.25) is 0 Å². The SMILES string of the molecule is CCC1O[C@@H](OCCn2cc(CSC[C@H](NC(=O)CC[C@H](N)OC=O)C(=O)NCC(=O)O)nn2)C(O)[C@@H](O)[C@@H]1O. The van der Waals surface area contributed by atoms with Crippen molar-refractivity contribution in [2.45, 2.75) is 81.5 Å². The van der Waals surface area contributed by atoms with Gasteiger partial charge in [0.05, 0.1) is 24.9 Å². The molecule has 0 aliphatic carbocycles. The number of nitrogens with one attached hydrogen (secondary N) is 2. The van der Waals surface area contributed by atoms with E-state index < -0.39 is 67.3 Å². The number of rotatable bonds is 18. The number of aliphatic carboxylic acids is 1. The number of carbonyl (C=O) groups excluding carboxylic acids is 3. The molecular weight excluding hydrogens is 556 g/mol. The van der Waals surface area contributed by atoms with Gasteiger partial charge in [-0.1, -0.05) is 12.1 Å². The quantitative estimate of drug-likeness (QED) is 0.0649. The molecule has 8 N–H and O–H groups in total. The van der Waals surface area contributed by atoms with E-state index in [0.717, 1.165) is 0 Å². The van der Waals surface area contributed by atoms with E-state index in [2.05, 4.69) is 25.7 Å². The summed E-state index contributed by atoms with van der Waals surface area (Å²) in [5.41, 5.74) is 6.06. The maximum Gasteiger partial charge on any atom is 0.322 e. The number of aliphatic hydroxyl groups is 3. The predicted molar refractivity (Wildman–Crippen MR) is 136 cm³/mol. The Morgan fingerprint density at radius 1 is 1.27 bits per heavy atom. The lowest BCUT2D eigenvalue weighted by Gasteiger charge is -2.40. The third kappa shape index (κ3) is 11.0. The van der Waals surface area contributed by atoms with Crippen molar-refractivity contribution in [1.82, 2.24) is 25.6 Å². The van der Waals surface area contributed by atoms with Gasteiger partial charge < -0.3 is 45.3 Å². The van der Waals surface area contributed by atoms with Crippen molar-refractivity contribution in [3.63, 3.8) is 0 Å². The van der Waals surface area contributed by atoms with E-state index in [-0.39, 0.29) is 38.2 Å². The molecule has 17 nitrogen and oxygen atoms in total. The molecule has 0 bridgehead atoms. The second kappa shape index (κ2) is 17.1. The molecule has 2 rings (SSSR count). The normalized spacial score (nSPS) is 24.1. The van der Waals surface area contributed by atoms with Gasteiger partial charge in [-0.3, -0.25) is 24.9 Å². The van der Waals surface area contributed by atoms with Gasteiger partial charge >= 0.3 is 5.97 Å². The van der Waals surface area contributed by atoms with Crippen LogP contribution in [0.25, 0.3) is 0 Å². The summed E-state index contributed by atoms with van der Waals surface area (Å²) in [5.74, 6) is -2.07. The third-order valence-electron chi connectivity index (χ3n) is 5.75. The van der Waals surface area contributed by atoms with Crippen molar-refractivity contribution in [2.75, 3.05) is 18.9 Å². The Morgan fingerprint density at radius 2 is 2.02 bits per heavy atom. The zero-order chi connectivity index (χ0) is 29.7. The van der Waals surface area contributed by atoms with Crippen LogP contribution in [-0.2, 0) is 45.7 Å². The van der Waals surface area contributed by atoms with Gasteiger partial charge in [-0.25, -0.2) is 4.68 Å². The van der Waals surface area contributed by atoms with E-state index >= 15 is 0 Å². The molecule has 1 aliphatic heterocycles. The molecule has 1 aliphatic rings. The topological polar surface area (TPSA) is 258 Å². The predicted octanol–water partition coefficient (Wildman–Crippen LogP) is -3.33. The number of hydrogen-bond donors (Lipinski definition) is 7. The molecule has 1 saturated heterocycles. The van der Waals surface area contributed by atoms with Crippen LogP contribution in [0.15, 0.2) is 6.20 Å². The highest BCUT2D eigenvalue weighted by Crippen LogP contribution is 2.23. The molecule has 2 unspecified atom stereocenters. The van der Waals surface area contributed by atoms with Crippen molar-refractivity contribution >= 4 is 36.0 Å². The number of ether oxygens (including phenoxy) is 3. The summed E-state index contributed by atoms with van der Waals surface area (Å²) in [6, 6.07) is -1.05. The van der Waals surface area contributed by atoms with Crippen LogP contribution in [0.4, 0.5) is 0 Å². The first-order valence-electron chi connectivity index (χ1n) is 12.5.